The molecule has 0 fully saturated rings. The summed E-state index contributed by atoms with van der Waals surface area (Å²) < 4.78 is 0. The number of aromatic amines is 1. The number of carbonyl (C=O) groups excluding carboxylic acids is 1. The Kier molecular flexibility index (Phi) is 7.70. The number of hydrogen-bond acceptors (Lipinski definition) is 5. The van der Waals surface area contributed by atoms with Crippen LogP contribution in [0.1, 0.15) is 51.0 Å². The normalized spacial score (nSPS) is 12.7. The monoisotopic (exact) mass is 395 g/mol. The minimum absolute atomic E-state index is 0.0294. The number of aryl methyl sites for hydroxylation is 1. The van der Waals surface area contributed by atoms with Crippen LogP contribution in [-0.2, 0) is 11.2 Å². The molecule has 26 heavy (non-hydrogen) atoms. The van der Waals surface area contributed by atoms with E-state index in [-0.39, 0.29) is 17.2 Å². The van der Waals surface area contributed by atoms with Crippen LogP contribution in [0.25, 0.3) is 10.2 Å². The Bertz CT molecular complexity index is 811. The number of amides is 1. The molecule has 0 aromatic carbocycles. The zero-order valence-electron chi connectivity index (χ0n) is 16.3. The van der Waals surface area contributed by atoms with Crippen LogP contribution < -0.4 is 10.9 Å². The van der Waals surface area contributed by atoms with Crippen LogP contribution in [0.4, 0.5) is 0 Å². The molecule has 0 saturated carbocycles. The number of nitrogens with zero attached hydrogens (tertiary/aromatic N) is 1. The summed E-state index contributed by atoms with van der Waals surface area (Å²) in [6.07, 6.45) is 2.95. The Hall–Kier alpha value is -1.34. The lowest BCUT2D eigenvalue weighted by molar-refractivity contribution is -0.118. The molecule has 0 radical (unpaired) electrons. The summed E-state index contributed by atoms with van der Waals surface area (Å²) in [5, 5.41) is 4.13. The minimum atomic E-state index is -0.0969. The molecule has 0 aliphatic rings. The first-order valence-corrected chi connectivity index (χ1v) is 11.0. The molecule has 7 heteroatoms. The fourth-order valence-corrected chi connectivity index (χ4v) is 4.45. The van der Waals surface area contributed by atoms with Gasteiger partial charge in [0.1, 0.15) is 4.83 Å². The van der Waals surface area contributed by atoms with E-state index in [0.29, 0.717) is 23.5 Å². The summed E-state index contributed by atoms with van der Waals surface area (Å²) in [6.45, 7) is 11.4. The average Bonchev–Trinajstić information content (AvgIpc) is 2.88. The fraction of sp³-hybridized carbons (Fsp3) is 0.632. The first-order chi connectivity index (χ1) is 12.3. The van der Waals surface area contributed by atoms with E-state index in [1.165, 1.54) is 11.8 Å². The van der Waals surface area contributed by atoms with Crippen molar-refractivity contribution in [1.82, 2.24) is 15.3 Å². The molecule has 5 nitrogen and oxygen atoms in total. The Morgan fingerprint density at radius 3 is 2.73 bits per heavy atom. The van der Waals surface area contributed by atoms with Crippen molar-refractivity contribution in [2.45, 2.75) is 59.0 Å². The highest BCUT2D eigenvalue weighted by Crippen LogP contribution is 2.30. The van der Waals surface area contributed by atoms with Gasteiger partial charge in [0.25, 0.3) is 5.56 Å². The van der Waals surface area contributed by atoms with Crippen molar-refractivity contribution in [3.05, 3.63) is 20.8 Å². The van der Waals surface area contributed by atoms with E-state index in [4.69, 9.17) is 0 Å². The van der Waals surface area contributed by atoms with E-state index in [9.17, 15) is 9.59 Å². The van der Waals surface area contributed by atoms with E-state index in [0.717, 1.165) is 39.9 Å². The predicted molar refractivity (Wildman–Crippen MR) is 111 cm³/mol. The molecule has 0 aliphatic carbocycles. The van der Waals surface area contributed by atoms with Crippen molar-refractivity contribution >= 4 is 39.2 Å². The number of rotatable bonds is 9. The van der Waals surface area contributed by atoms with Crippen LogP contribution >= 0.6 is 23.1 Å². The highest BCUT2D eigenvalue weighted by molar-refractivity contribution is 7.99. The molecule has 1 atom stereocenters. The summed E-state index contributed by atoms with van der Waals surface area (Å²) in [7, 11) is 0. The van der Waals surface area contributed by atoms with Crippen molar-refractivity contribution in [2.75, 3.05) is 12.3 Å². The number of hydrogen-bond donors (Lipinski definition) is 2. The molecular weight excluding hydrogens is 366 g/mol. The van der Waals surface area contributed by atoms with Crippen LogP contribution in [-0.4, -0.2) is 28.2 Å². The summed E-state index contributed by atoms with van der Waals surface area (Å²) in [4.78, 5) is 33.9. The van der Waals surface area contributed by atoms with Gasteiger partial charge in [-0.05, 0) is 37.2 Å². The maximum absolute atomic E-state index is 12.6. The SMILES string of the molecule is CC[C@@H](C)Cc1c(C)sc2nc(SCC(=O)NCCC(C)C)[nH]c(=O)c12. The standard InChI is InChI=1S/C19H29N3O2S2/c1-6-12(4)9-14-13(5)26-18-16(14)17(24)21-19(22-18)25-10-15(23)20-8-7-11(2)3/h11-12H,6-10H2,1-5H3,(H,20,23)(H,21,22,24)/t12-/m1/s1. The lowest BCUT2D eigenvalue weighted by Crippen LogP contribution is -2.27. The van der Waals surface area contributed by atoms with Gasteiger partial charge >= 0.3 is 0 Å². The number of H-pyrrole nitrogens is 1. The number of carbonyl (C=O) groups is 1. The number of thiophene rings is 1. The van der Waals surface area contributed by atoms with Gasteiger partial charge in [-0.15, -0.1) is 11.3 Å². The minimum Gasteiger partial charge on any atom is -0.355 e. The Morgan fingerprint density at radius 2 is 2.08 bits per heavy atom. The molecule has 1 amide bonds. The molecule has 2 aromatic heterocycles. The van der Waals surface area contributed by atoms with Crippen molar-refractivity contribution in [2.24, 2.45) is 11.8 Å². The van der Waals surface area contributed by atoms with Crippen LogP contribution in [0.2, 0.25) is 0 Å². The number of fused-ring (bicyclic) bond motifs is 1. The second-order valence-corrected chi connectivity index (χ2v) is 9.39. The van der Waals surface area contributed by atoms with Gasteiger partial charge in [-0.1, -0.05) is 45.9 Å². The molecule has 2 aromatic rings. The van der Waals surface area contributed by atoms with Gasteiger partial charge in [0.05, 0.1) is 11.1 Å². The van der Waals surface area contributed by atoms with Gasteiger partial charge < -0.3 is 10.3 Å². The molecule has 0 spiro atoms. The zero-order chi connectivity index (χ0) is 19.3. The Morgan fingerprint density at radius 1 is 1.35 bits per heavy atom. The number of nitrogens with one attached hydrogen (secondary N) is 2. The lowest BCUT2D eigenvalue weighted by atomic mass is 9.98. The second kappa shape index (κ2) is 9.55. The van der Waals surface area contributed by atoms with Crippen LogP contribution in [0.3, 0.4) is 0 Å². The van der Waals surface area contributed by atoms with Crippen LogP contribution in [0.5, 0.6) is 0 Å². The number of aromatic nitrogens is 2. The van der Waals surface area contributed by atoms with Crippen molar-refractivity contribution in [3.8, 4) is 0 Å². The third-order valence-electron chi connectivity index (χ3n) is 4.47. The topological polar surface area (TPSA) is 74.8 Å². The summed E-state index contributed by atoms with van der Waals surface area (Å²) in [5.74, 6) is 1.33. The quantitative estimate of drug-likeness (QED) is 0.494. The van der Waals surface area contributed by atoms with E-state index in [1.54, 1.807) is 11.3 Å². The number of thioether (sulfide) groups is 1. The van der Waals surface area contributed by atoms with Crippen molar-refractivity contribution in [1.29, 1.82) is 0 Å². The molecule has 144 valence electrons. The largest absolute Gasteiger partial charge is 0.355 e. The molecule has 0 aliphatic heterocycles. The lowest BCUT2D eigenvalue weighted by Gasteiger charge is -2.08. The summed E-state index contributed by atoms with van der Waals surface area (Å²) in [6, 6.07) is 0. The third kappa shape index (κ3) is 5.58. The second-order valence-electron chi connectivity index (χ2n) is 7.23. The highest BCUT2D eigenvalue weighted by atomic mass is 32.2. The smallest absolute Gasteiger partial charge is 0.260 e. The van der Waals surface area contributed by atoms with E-state index in [2.05, 4.69) is 49.9 Å². The maximum Gasteiger partial charge on any atom is 0.260 e. The van der Waals surface area contributed by atoms with Gasteiger partial charge in [0, 0.05) is 11.4 Å². The zero-order valence-corrected chi connectivity index (χ0v) is 17.9. The predicted octanol–water partition coefficient (Wildman–Crippen LogP) is 4.14. The van der Waals surface area contributed by atoms with Crippen molar-refractivity contribution < 1.29 is 4.79 Å². The molecule has 0 bridgehead atoms. The van der Waals surface area contributed by atoms with Gasteiger partial charge in [-0.25, -0.2) is 4.98 Å². The van der Waals surface area contributed by atoms with Gasteiger partial charge in [-0.3, -0.25) is 9.59 Å². The molecule has 2 N–H and O–H groups in total. The fourth-order valence-electron chi connectivity index (χ4n) is 2.65. The Labute approximate surface area is 163 Å². The maximum atomic E-state index is 12.6. The molecule has 2 rings (SSSR count). The first kappa shape index (κ1) is 21.0. The van der Waals surface area contributed by atoms with E-state index >= 15 is 0 Å². The molecular formula is C19H29N3O2S2. The average molecular weight is 396 g/mol. The highest BCUT2D eigenvalue weighted by Gasteiger charge is 2.17. The molecule has 0 saturated heterocycles. The third-order valence-corrected chi connectivity index (χ3v) is 6.39. The van der Waals surface area contributed by atoms with Crippen LogP contribution in [0.15, 0.2) is 9.95 Å². The van der Waals surface area contributed by atoms with E-state index < -0.39 is 0 Å². The summed E-state index contributed by atoms with van der Waals surface area (Å²) in [5.41, 5.74) is 1.02. The van der Waals surface area contributed by atoms with Crippen LogP contribution in [0, 0.1) is 18.8 Å². The molecule has 0 unspecified atom stereocenters. The van der Waals surface area contributed by atoms with Gasteiger partial charge in [0.2, 0.25) is 5.91 Å². The summed E-state index contributed by atoms with van der Waals surface area (Å²) >= 11 is 2.84. The van der Waals surface area contributed by atoms with Gasteiger partial charge in [0.15, 0.2) is 5.16 Å². The first-order valence-electron chi connectivity index (χ1n) is 9.23. The van der Waals surface area contributed by atoms with Crippen molar-refractivity contribution in [3.63, 3.8) is 0 Å². The molecule has 2 heterocycles. The van der Waals surface area contributed by atoms with Gasteiger partial charge in [-0.2, -0.15) is 0 Å². The Balaban J connectivity index is 2.09. The van der Waals surface area contributed by atoms with E-state index in [1.807, 2.05) is 0 Å².